The Kier molecular flexibility index (Phi) is 10.3. The number of likely N-dealkylation sites (N-methyl/N-ethyl adjacent to an activating group) is 1. The lowest BCUT2D eigenvalue weighted by atomic mass is 10.1. The van der Waals surface area contributed by atoms with Crippen LogP contribution >= 0.6 is 12.2 Å². The second-order valence-electron chi connectivity index (χ2n) is 7.47. The number of ether oxygens (including phenoxy) is 1. The van der Waals surface area contributed by atoms with E-state index in [2.05, 4.69) is 10.6 Å². The van der Waals surface area contributed by atoms with Crippen molar-refractivity contribution in [3.63, 3.8) is 0 Å². The molecule has 0 bridgehead atoms. The van der Waals surface area contributed by atoms with Crippen molar-refractivity contribution in [3.05, 3.63) is 65.7 Å². The van der Waals surface area contributed by atoms with Crippen LogP contribution in [0.1, 0.15) is 30.4 Å². The van der Waals surface area contributed by atoms with Crippen molar-refractivity contribution in [1.82, 2.24) is 10.2 Å². The molecule has 0 radical (unpaired) electrons. The second kappa shape index (κ2) is 13.2. The number of hydrogen-bond acceptors (Lipinski definition) is 5. The van der Waals surface area contributed by atoms with Gasteiger partial charge in [0.2, 0.25) is 11.8 Å². The number of carbonyl (C=O) groups excluding carboxylic acids is 3. The number of nitrogens with zero attached hydrogens (tertiary/aromatic N) is 1. The molecule has 0 atom stereocenters. The maximum absolute atomic E-state index is 12.0. The van der Waals surface area contributed by atoms with Gasteiger partial charge in [-0.25, -0.2) is 0 Å². The standard InChI is InChI=1S/C24H29N3O4S/c1-27(2)22(29)17-19-10-12-20(13-11-19)25-24(32)26-21(28)14-15-23(30)31-16-6-9-18-7-4-3-5-8-18/h3-5,7-8,10-13H,6,9,14-17H2,1-2H3,(H2,25,26,28,32). The highest BCUT2D eigenvalue weighted by Gasteiger charge is 2.10. The summed E-state index contributed by atoms with van der Waals surface area (Å²) in [4.78, 5) is 37.1. The zero-order valence-corrected chi connectivity index (χ0v) is 19.2. The average molecular weight is 456 g/mol. The predicted octanol–water partition coefficient (Wildman–Crippen LogP) is 3.09. The maximum atomic E-state index is 12.0. The van der Waals surface area contributed by atoms with E-state index >= 15 is 0 Å². The highest BCUT2D eigenvalue weighted by atomic mass is 32.1. The lowest BCUT2D eigenvalue weighted by Gasteiger charge is -2.12. The van der Waals surface area contributed by atoms with Gasteiger partial charge in [-0.2, -0.15) is 0 Å². The normalized spacial score (nSPS) is 10.2. The third-order valence-electron chi connectivity index (χ3n) is 4.59. The Morgan fingerprint density at radius 3 is 2.28 bits per heavy atom. The Balaban J connectivity index is 1.62. The molecule has 0 heterocycles. The van der Waals surface area contributed by atoms with E-state index in [-0.39, 0.29) is 29.8 Å². The molecule has 0 aromatic heterocycles. The van der Waals surface area contributed by atoms with Crippen molar-refractivity contribution in [1.29, 1.82) is 0 Å². The summed E-state index contributed by atoms with van der Waals surface area (Å²) in [5, 5.41) is 5.60. The van der Waals surface area contributed by atoms with Crippen molar-refractivity contribution in [2.75, 3.05) is 26.0 Å². The predicted molar refractivity (Wildman–Crippen MR) is 128 cm³/mol. The largest absolute Gasteiger partial charge is 0.466 e. The number of thiocarbonyl (C=S) groups is 1. The van der Waals surface area contributed by atoms with E-state index in [1.54, 1.807) is 26.2 Å². The van der Waals surface area contributed by atoms with Crippen LogP contribution in [0.25, 0.3) is 0 Å². The van der Waals surface area contributed by atoms with Gasteiger partial charge in [0.05, 0.1) is 19.4 Å². The summed E-state index contributed by atoms with van der Waals surface area (Å²) in [5.41, 5.74) is 2.77. The van der Waals surface area contributed by atoms with Gasteiger partial charge >= 0.3 is 5.97 Å². The van der Waals surface area contributed by atoms with Gasteiger partial charge in [0.1, 0.15) is 0 Å². The number of nitrogens with one attached hydrogen (secondary N) is 2. The summed E-state index contributed by atoms with van der Waals surface area (Å²) in [6.07, 6.45) is 1.87. The Hall–Kier alpha value is -3.26. The number of aryl methyl sites for hydroxylation is 1. The molecule has 2 N–H and O–H groups in total. The number of benzene rings is 2. The SMILES string of the molecule is CN(C)C(=O)Cc1ccc(NC(=S)NC(=O)CCC(=O)OCCCc2ccccc2)cc1. The number of anilines is 1. The van der Waals surface area contributed by atoms with E-state index in [4.69, 9.17) is 17.0 Å². The van der Waals surface area contributed by atoms with Gasteiger partial charge in [-0.3, -0.25) is 14.4 Å². The molecule has 8 heteroatoms. The Bertz CT molecular complexity index is 915. The van der Waals surface area contributed by atoms with Crippen molar-refractivity contribution < 1.29 is 19.1 Å². The van der Waals surface area contributed by atoms with Gasteiger partial charge in [-0.1, -0.05) is 42.5 Å². The first kappa shape index (κ1) is 25.0. The van der Waals surface area contributed by atoms with Crippen LogP contribution in [-0.2, 0) is 32.0 Å². The van der Waals surface area contributed by atoms with Gasteiger partial charge in [0.25, 0.3) is 0 Å². The van der Waals surface area contributed by atoms with Crippen LogP contribution in [-0.4, -0.2) is 48.5 Å². The van der Waals surface area contributed by atoms with Crippen LogP contribution < -0.4 is 10.6 Å². The number of hydrogen-bond donors (Lipinski definition) is 2. The maximum Gasteiger partial charge on any atom is 0.306 e. The van der Waals surface area contributed by atoms with E-state index in [0.717, 1.165) is 18.4 Å². The number of esters is 1. The molecular weight excluding hydrogens is 426 g/mol. The van der Waals surface area contributed by atoms with E-state index < -0.39 is 5.97 Å². The van der Waals surface area contributed by atoms with Gasteiger partial charge in [-0.05, 0) is 48.3 Å². The molecule has 0 aliphatic carbocycles. The van der Waals surface area contributed by atoms with Gasteiger partial charge < -0.3 is 20.3 Å². The van der Waals surface area contributed by atoms with Crippen LogP contribution in [0.3, 0.4) is 0 Å². The summed E-state index contributed by atoms with van der Waals surface area (Å²) in [6, 6.07) is 17.2. The fourth-order valence-corrected chi connectivity index (χ4v) is 3.02. The smallest absolute Gasteiger partial charge is 0.306 e. The Labute approximate surface area is 194 Å². The number of carbonyl (C=O) groups is 3. The molecule has 32 heavy (non-hydrogen) atoms. The molecule has 7 nitrogen and oxygen atoms in total. The first-order chi connectivity index (χ1) is 15.3. The molecule has 170 valence electrons. The topological polar surface area (TPSA) is 87.7 Å². The molecule has 0 aliphatic heterocycles. The van der Waals surface area contributed by atoms with E-state index in [1.807, 2.05) is 42.5 Å². The minimum Gasteiger partial charge on any atom is -0.466 e. The summed E-state index contributed by atoms with van der Waals surface area (Å²) in [5.74, 6) is -0.755. The molecule has 0 fully saturated rings. The molecule has 0 saturated carbocycles. The fraction of sp³-hybridized carbons (Fsp3) is 0.333. The van der Waals surface area contributed by atoms with Gasteiger partial charge in [-0.15, -0.1) is 0 Å². The van der Waals surface area contributed by atoms with Gasteiger partial charge in [0, 0.05) is 26.2 Å². The molecular formula is C24H29N3O4S. The number of amides is 2. The van der Waals surface area contributed by atoms with Crippen LogP contribution in [0, 0.1) is 0 Å². The van der Waals surface area contributed by atoms with Crippen LogP contribution in [0.2, 0.25) is 0 Å². The van der Waals surface area contributed by atoms with Gasteiger partial charge in [0.15, 0.2) is 5.11 Å². The molecule has 2 aromatic carbocycles. The summed E-state index contributed by atoms with van der Waals surface area (Å²) < 4.78 is 5.17. The van der Waals surface area contributed by atoms with Crippen LogP contribution in [0.15, 0.2) is 54.6 Å². The highest BCUT2D eigenvalue weighted by Crippen LogP contribution is 2.11. The highest BCUT2D eigenvalue weighted by molar-refractivity contribution is 7.80. The third-order valence-corrected chi connectivity index (χ3v) is 4.79. The Morgan fingerprint density at radius 2 is 1.62 bits per heavy atom. The molecule has 2 rings (SSSR count). The lowest BCUT2D eigenvalue weighted by Crippen LogP contribution is -2.34. The molecule has 0 unspecified atom stereocenters. The van der Waals surface area contributed by atoms with Crippen molar-refractivity contribution in [3.8, 4) is 0 Å². The van der Waals surface area contributed by atoms with Crippen LogP contribution in [0.5, 0.6) is 0 Å². The zero-order valence-electron chi connectivity index (χ0n) is 18.4. The summed E-state index contributed by atoms with van der Waals surface area (Å²) >= 11 is 5.14. The number of rotatable bonds is 10. The second-order valence-corrected chi connectivity index (χ2v) is 7.88. The fourth-order valence-electron chi connectivity index (χ4n) is 2.78. The van der Waals surface area contributed by atoms with Crippen molar-refractivity contribution in [2.45, 2.75) is 32.1 Å². The first-order valence-electron chi connectivity index (χ1n) is 10.4. The minimum absolute atomic E-state index is 0.00557. The summed E-state index contributed by atoms with van der Waals surface area (Å²) in [7, 11) is 3.43. The molecule has 0 aliphatic rings. The third kappa shape index (κ3) is 9.70. The summed E-state index contributed by atoms with van der Waals surface area (Å²) in [6.45, 7) is 0.325. The first-order valence-corrected chi connectivity index (χ1v) is 10.8. The molecule has 0 spiro atoms. The lowest BCUT2D eigenvalue weighted by molar-refractivity contribution is -0.145. The minimum atomic E-state index is -0.407. The Morgan fingerprint density at radius 1 is 0.938 bits per heavy atom. The van der Waals surface area contributed by atoms with E-state index in [0.29, 0.717) is 18.7 Å². The van der Waals surface area contributed by atoms with Crippen molar-refractivity contribution in [2.24, 2.45) is 0 Å². The molecule has 2 aromatic rings. The van der Waals surface area contributed by atoms with Crippen molar-refractivity contribution >= 4 is 40.8 Å². The molecule has 0 saturated heterocycles. The van der Waals surface area contributed by atoms with E-state index in [1.165, 1.54) is 10.5 Å². The van der Waals surface area contributed by atoms with Crippen LogP contribution in [0.4, 0.5) is 5.69 Å². The molecule has 2 amide bonds. The quantitative estimate of drug-likeness (QED) is 0.325. The van der Waals surface area contributed by atoms with E-state index in [9.17, 15) is 14.4 Å². The zero-order chi connectivity index (χ0) is 23.3. The monoisotopic (exact) mass is 455 g/mol. The average Bonchev–Trinajstić information content (AvgIpc) is 2.77.